The molecule has 2 amide bonds. The van der Waals surface area contributed by atoms with E-state index in [0.717, 1.165) is 24.9 Å². The van der Waals surface area contributed by atoms with Crippen molar-refractivity contribution >= 4 is 17.5 Å². The zero-order valence-corrected chi connectivity index (χ0v) is 14.4. The third-order valence-electron chi connectivity index (χ3n) is 5.87. The molecule has 2 fully saturated rings. The summed E-state index contributed by atoms with van der Waals surface area (Å²) in [7, 11) is 0. The van der Waals surface area contributed by atoms with Crippen molar-refractivity contribution < 1.29 is 14.5 Å². The van der Waals surface area contributed by atoms with E-state index in [9.17, 15) is 9.59 Å². The Bertz CT molecular complexity index is 599. The number of primary amides is 1. The van der Waals surface area contributed by atoms with E-state index < -0.39 is 5.91 Å². The molecule has 1 aromatic carbocycles. The van der Waals surface area contributed by atoms with E-state index in [1.807, 2.05) is 6.92 Å². The van der Waals surface area contributed by atoms with Gasteiger partial charge in [0.25, 0.3) is 5.91 Å². The highest BCUT2D eigenvalue weighted by Gasteiger charge is 2.37. The van der Waals surface area contributed by atoms with Crippen LogP contribution >= 0.6 is 0 Å². The van der Waals surface area contributed by atoms with Crippen molar-refractivity contribution in [3.05, 3.63) is 29.8 Å². The van der Waals surface area contributed by atoms with Crippen LogP contribution in [0.3, 0.4) is 0 Å². The van der Waals surface area contributed by atoms with Gasteiger partial charge in [-0.1, -0.05) is 12.8 Å². The molecule has 1 saturated heterocycles. The molecule has 4 atom stereocenters. The molecule has 5 heteroatoms. The maximum absolute atomic E-state index is 12.6. The number of amides is 2. The van der Waals surface area contributed by atoms with Gasteiger partial charge in [-0.3, -0.25) is 9.59 Å². The maximum atomic E-state index is 12.6. The number of carbonyl (C=O) groups excluding carboxylic acids is 2. The Morgan fingerprint density at radius 3 is 2.46 bits per heavy atom. The number of anilines is 1. The number of likely N-dealkylation sites (tertiary alicyclic amines) is 1. The molecular weight excluding hydrogens is 302 g/mol. The molecule has 1 aliphatic carbocycles. The lowest BCUT2D eigenvalue weighted by molar-refractivity contribution is -0.924. The lowest BCUT2D eigenvalue weighted by Gasteiger charge is -2.40. The summed E-state index contributed by atoms with van der Waals surface area (Å²) in [5.41, 5.74) is 6.40. The lowest BCUT2D eigenvalue weighted by atomic mass is 9.75. The Morgan fingerprint density at radius 1 is 1.12 bits per heavy atom. The van der Waals surface area contributed by atoms with Crippen LogP contribution in [0.4, 0.5) is 5.69 Å². The molecule has 5 nitrogen and oxygen atoms in total. The van der Waals surface area contributed by atoms with Gasteiger partial charge < -0.3 is 16.0 Å². The molecule has 0 aromatic heterocycles. The number of fused-ring (bicyclic) bond motifs is 1. The van der Waals surface area contributed by atoms with Crippen LogP contribution in [0, 0.1) is 11.8 Å². The zero-order valence-electron chi connectivity index (χ0n) is 14.4. The van der Waals surface area contributed by atoms with E-state index in [2.05, 4.69) is 5.32 Å². The van der Waals surface area contributed by atoms with Crippen molar-refractivity contribution in [3.63, 3.8) is 0 Å². The first-order valence-electron chi connectivity index (χ1n) is 9.10. The summed E-state index contributed by atoms with van der Waals surface area (Å²) in [6, 6.07) is 6.69. The highest BCUT2D eigenvalue weighted by molar-refractivity contribution is 5.95. The summed E-state index contributed by atoms with van der Waals surface area (Å²) in [5, 5.41) is 2.97. The quantitative estimate of drug-likeness (QED) is 0.776. The molecule has 1 aromatic rings. The van der Waals surface area contributed by atoms with Gasteiger partial charge in [-0.25, -0.2) is 0 Å². The van der Waals surface area contributed by atoms with Crippen LogP contribution in [0.2, 0.25) is 0 Å². The molecule has 24 heavy (non-hydrogen) atoms. The first-order valence-corrected chi connectivity index (χ1v) is 9.10. The number of hydrogen-bond acceptors (Lipinski definition) is 2. The van der Waals surface area contributed by atoms with Crippen LogP contribution in [-0.2, 0) is 4.79 Å². The van der Waals surface area contributed by atoms with Crippen molar-refractivity contribution in [2.24, 2.45) is 17.6 Å². The van der Waals surface area contributed by atoms with E-state index in [4.69, 9.17) is 5.73 Å². The average molecular weight is 330 g/mol. The third kappa shape index (κ3) is 3.78. The SMILES string of the molecule is C[C@H](C(=O)Nc1ccc(C(N)=O)cc1)[NH+]1CC[C@@H]2CCCC[C@@H]2C1. The van der Waals surface area contributed by atoms with Crippen LogP contribution in [0.25, 0.3) is 0 Å². The zero-order chi connectivity index (χ0) is 17.1. The summed E-state index contributed by atoms with van der Waals surface area (Å²) in [6.07, 6.45) is 6.70. The second kappa shape index (κ2) is 7.34. The van der Waals surface area contributed by atoms with Crippen molar-refractivity contribution in [3.8, 4) is 0 Å². The number of benzene rings is 1. The third-order valence-corrected chi connectivity index (χ3v) is 5.87. The minimum atomic E-state index is -0.457. The molecular formula is C19H28N3O2+. The van der Waals surface area contributed by atoms with Gasteiger partial charge in [0.2, 0.25) is 5.91 Å². The van der Waals surface area contributed by atoms with Crippen LogP contribution in [0.15, 0.2) is 24.3 Å². The lowest BCUT2D eigenvalue weighted by Crippen LogP contribution is -3.18. The molecule has 2 aliphatic rings. The predicted molar refractivity (Wildman–Crippen MR) is 93.8 cm³/mol. The standard InChI is InChI=1S/C19H27N3O2/c1-13(22-11-10-14-4-2-3-5-16(14)12-22)19(24)21-17-8-6-15(7-9-17)18(20)23/h6-9,13-14,16H,2-5,10-12H2,1H3,(H2,20,23)(H,21,24)/p+1/t13-,14+,16-/m1/s1. The van der Waals surface area contributed by atoms with Crippen LogP contribution in [-0.4, -0.2) is 30.9 Å². The molecule has 1 unspecified atom stereocenters. The molecule has 0 spiro atoms. The smallest absolute Gasteiger partial charge is 0.282 e. The molecule has 3 rings (SSSR count). The van der Waals surface area contributed by atoms with E-state index in [1.54, 1.807) is 24.3 Å². The first kappa shape index (κ1) is 17.0. The molecule has 0 radical (unpaired) electrons. The average Bonchev–Trinajstić information content (AvgIpc) is 2.61. The molecule has 4 N–H and O–H groups in total. The van der Waals surface area contributed by atoms with Gasteiger partial charge in [0.05, 0.1) is 13.1 Å². The molecule has 130 valence electrons. The number of nitrogens with two attached hydrogens (primary N) is 1. The topological polar surface area (TPSA) is 76.6 Å². The van der Waals surface area contributed by atoms with Crippen LogP contribution < -0.4 is 16.0 Å². The Hall–Kier alpha value is -1.88. The first-order chi connectivity index (χ1) is 11.5. The summed E-state index contributed by atoms with van der Waals surface area (Å²) in [6.45, 7) is 4.24. The van der Waals surface area contributed by atoms with Crippen LogP contribution in [0.5, 0.6) is 0 Å². The van der Waals surface area contributed by atoms with Gasteiger partial charge in [-0.15, -0.1) is 0 Å². The summed E-state index contributed by atoms with van der Waals surface area (Å²) in [5.74, 6) is 1.28. The minimum Gasteiger partial charge on any atom is -0.366 e. The fourth-order valence-corrected chi connectivity index (χ4v) is 4.29. The van der Waals surface area contributed by atoms with Gasteiger partial charge >= 0.3 is 0 Å². The molecule has 0 bridgehead atoms. The highest BCUT2D eigenvalue weighted by Crippen LogP contribution is 2.32. The monoisotopic (exact) mass is 330 g/mol. The molecule has 1 heterocycles. The van der Waals surface area contributed by atoms with Crippen LogP contribution in [0.1, 0.15) is 49.4 Å². The number of nitrogens with one attached hydrogen (secondary N) is 2. The summed E-state index contributed by atoms with van der Waals surface area (Å²) in [4.78, 5) is 25.1. The second-order valence-corrected chi connectivity index (χ2v) is 7.36. The summed E-state index contributed by atoms with van der Waals surface area (Å²) >= 11 is 0. The number of quaternary nitrogens is 1. The Labute approximate surface area is 143 Å². The Kier molecular flexibility index (Phi) is 5.19. The van der Waals surface area contributed by atoms with E-state index in [0.29, 0.717) is 11.3 Å². The second-order valence-electron chi connectivity index (χ2n) is 7.36. The predicted octanol–water partition coefficient (Wildman–Crippen LogP) is 1.21. The van der Waals surface area contributed by atoms with Crippen molar-refractivity contribution in [2.75, 3.05) is 18.4 Å². The van der Waals surface area contributed by atoms with Crippen molar-refractivity contribution in [2.45, 2.75) is 45.1 Å². The number of rotatable bonds is 4. The maximum Gasteiger partial charge on any atom is 0.282 e. The number of carbonyl (C=O) groups is 2. The molecule has 1 aliphatic heterocycles. The normalized spacial score (nSPS) is 27.8. The van der Waals surface area contributed by atoms with E-state index in [1.165, 1.54) is 37.0 Å². The summed E-state index contributed by atoms with van der Waals surface area (Å²) < 4.78 is 0. The highest BCUT2D eigenvalue weighted by atomic mass is 16.2. The Balaban J connectivity index is 1.57. The van der Waals surface area contributed by atoms with Crippen molar-refractivity contribution in [1.82, 2.24) is 0 Å². The number of hydrogen-bond donors (Lipinski definition) is 3. The Morgan fingerprint density at radius 2 is 1.79 bits per heavy atom. The molecule has 1 saturated carbocycles. The largest absolute Gasteiger partial charge is 0.366 e. The van der Waals surface area contributed by atoms with Gasteiger partial charge in [0.15, 0.2) is 6.04 Å². The van der Waals surface area contributed by atoms with Gasteiger partial charge in [-0.2, -0.15) is 0 Å². The number of piperidine rings is 1. The van der Waals surface area contributed by atoms with Gasteiger partial charge in [0, 0.05) is 17.2 Å². The van der Waals surface area contributed by atoms with Gasteiger partial charge in [-0.05, 0) is 56.4 Å². The van der Waals surface area contributed by atoms with Crippen molar-refractivity contribution in [1.29, 1.82) is 0 Å². The fraction of sp³-hybridized carbons (Fsp3) is 0.579. The van der Waals surface area contributed by atoms with E-state index in [-0.39, 0.29) is 11.9 Å². The van der Waals surface area contributed by atoms with Gasteiger partial charge in [0.1, 0.15) is 0 Å². The minimum absolute atomic E-state index is 0.0473. The van der Waals surface area contributed by atoms with E-state index >= 15 is 0 Å². The fourth-order valence-electron chi connectivity index (χ4n) is 4.29.